The van der Waals surface area contributed by atoms with Gasteiger partial charge in [0.25, 0.3) is 0 Å². The molecule has 2 heterocycles. The van der Waals surface area contributed by atoms with Gasteiger partial charge >= 0.3 is 0 Å². The average Bonchev–Trinajstić information content (AvgIpc) is 3.13. The molecule has 1 amide bonds. The first-order chi connectivity index (χ1) is 11.8. The Labute approximate surface area is 144 Å². The molecule has 5 nitrogen and oxygen atoms in total. The number of aromatic nitrogens is 2. The number of nitrogens with zero attached hydrogens (tertiary/aromatic N) is 2. The quantitative estimate of drug-likeness (QED) is 0.530. The fourth-order valence-corrected chi connectivity index (χ4v) is 2.71. The number of benzene rings is 1. The van der Waals surface area contributed by atoms with E-state index in [1.165, 1.54) is 17.4 Å². The number of fused-ring (bicyclic) bond motifs is 1. The zero-order chi connectivity index (χ0) is 16.6. The SMILES string of the molecule is O=C(/C=C\c1cscn1)NCCCOc1cccc2cccnc12. The zero-order valence-corrected chi connectivity index (χ0v) is 13.8. The first-order valence-electron chi connectivity index (χ1n) is 7.63. The van der Waals surface area contributed by atoms with E-state index in [-0.39, 0.29) is 5.91 Å². The summed E-state index contributed by atoms with van der Waals surface area (Å²) in [6, 6.07) is 9.77. The summed E-state index contributed by atoms with van der Waals surface area (Å²) in [4.78, 5) is 20.1. The van der Waals surface area contributed by atoms with Crippen LogP contribution < -0.4 is 10.1 Å². The molecule has 0 atom stereocenters. The van der Waals surface area contributed by atoms with Crippen molar-refractivity contribution < 1.29 is 9.53 Å². The third-order valence-corrected chi connectivity index (χ3v) is 3.94. The number of carbonyl (C=O) groups excluding carboxylic acids is 1. The second-order valence-electron chi connectivity index (χ2n) is 5.07. The minimum absolute atomic E-state index is 0.130. The van der Waals surface area contributed by atoms with Gasteiger partial charge < -0.3 is 10.1 Å². The number of carbonyl (C=O) groups is 1. The Morgan fingerprint density at radius 2 is 2.17 bits per heavy atom. The number of nitrogens with one attached hydrogen (secondary N) is 1. The molecule has 0 unspecified atom stereocenters. The Kier molecular flexibility index (Phi) is 5.52. The van der Waals surface area contributed by atoms with Crippen molar-refractivity contribution in [1.82, 2.24) is 15.3 Å². The lowest BCUT2D eigenvalue weighted by Crippen LogP contribution is -2.23. The Bertz CT molecular complexity index is 826. The van der Waals surface area contributed by atoms with Crippen LogP contribution in [-0.4, -0.2) is 29.0 Å². The first-order valence-corrected chi connectivity index (χ1v) is 8.58. The Morgan fingerprint density at radius 3 is 3.04 bits per heavy atom. The molecule has 3 aromatic rings. The van der Waals surface area contributed by atoms with Crippen molar-refractivity contribution in [3.8, 4) is 5.75 Å². The predicted octanol–water partition coefficient (Wildman–Crippen LogP) is 3.29. The highest BCUT2D eigenvalue weighted by molar-refractivity contribution is 7.07. The van der Waals surface area contributed by atoms with Gasteiger partial charge in [0.15, 0.2) is 0 Å². The average molecular weight is 339 g/mol. The van der Waals surface area contributed by atoms with E-state index in [9.17, 15) is 4.79 Å². The van der Waals surface area contributed by atoms with Crippen LogP contribution in [0.15, 0.2) is 53.5 Å². The fourth-order valence-electron chi connectivity index (χ4n) is 2.18. The number of rotatable bonds is 7. The highest BCUT2D eigenvalue weighted by Crippen LogP contribution is 2.22. The molecule has 0 spiro atoms. The van der Waals surface area contributed by atoms with Crippen LogP contribution in [0.4, 0.5) is 0 Å². The number of thiazole rings is 1. The lowest BCUT2D eigenvalue weighted by Gasteiger charge is -2.08. The molecule has 1 N–H and O–H groups in total. The van der Waals surface area contributed by atoms with Crippen molar-refractivity contribution in [1.29, 1.82) is 0 Å². The van der Waals surface area contributed by atoms with Crippen LogP contribution in [0.1, 0.15) is 12.1 Å². The van der Waals surface area contributed by atoms with Crippen molar-refractivity contribution in [2.24, 2.45) is 0 Å². The molecule has 0 aliphatic heterocycles. The summed E-state index contributed by atoms with van der Waals surface area (Å²) >= 11 is 1.50. The van der Waals surface area contributed by atoms with Gasteiger partial charge in [0, 0.05) is 29.6 Å². The highest BCUT2D eigenvalue weighted by Gasteiger charge is 2.02. The van der Waals surface area contributed by atoms with E-state index in [1.807, 2.05) is 35.7 Å². The lowest BCUT2D eigenvalue weighted by atomic mass is 10.2. The fraction of sp³-hybridized carbons (Fsp3) is 0.167. The minimum Gasteiger partial charge on any atom is -0.491 e. The number of hydrogen-bond acceptors (Lipinski definition) is 5. The highest BCUT2D eigenvalue weighted by atomic mass is 32.1. The van der Waals surface area contributed by atoms with Crippen molar-refractivity contribution in [2.75, 3.05) is 13.2 Å². The molecule has 3 rings (SSSR count). The van der Waals surface area contributed by atoms with Gasteiger partial charge in [0.05, 0.1) is 17.8 Å². The summed E-state index contributed by atoms with van der Waals surface area (Å²) in [6.07, 6.45) is 5.66. The standard InChI is InChI=1S/C18H17N3O2S/c22-17(8-7-15-12-24-13-21-15)19-10-3-11-23-16-6-1-4-14-5-2-9-20-18(14)16/h1-2,4-9,12-13H,3,10-11H2,(H,19,22)/b8-7-. The van der Waals surface area contributed by atoms with E-state index in [0.29, 0.717) is 13.2 Å². The molecular formula is C18H17N3O2S. The number of para-hydroxylation sites is 1. The van der Waals surface area contributed by atoms with Crippen LogP contribution in [0.2, 0.25) is 0 Å². The number of hydrogen-bond donors (Lipinski definition) is 1. The second-order valence-corrected chi connectivity index (χ2v) is 5.79. The topological polar surface area (TPSA) is 64.1 Å². The van der Waals surface area contributed by atoms with E-state index < -0.39 is 0 Å². The first kappa shape index (κ1) is 16.1. The van der Waals surface area contributed by atoms with Gasteiger partial charge in [-0.15, -0.1) is 11.3 Å². The Balaban J connectivity index is 1.41. The molecule has 1 aromatic carbocycles. The van der Waals surface area contributed by atoms with Crippen LogP contribution in [0.25, 0.3) is 17.0 Å². The normalized spacial score (nSPS) is 11.0. The molecule has 0 aliphatic rings. The summed E-state index contributed by atoms with van der Waals surface area (Å²) in [6.45, 7) is 1.07. The summed E-state index contributed by atoms with van der Waals surface area (Å²) in [7, 11) is 0. The maximum atomic E-state index is 11.7. The van der Waals surface area contributed by atoms with E-state index in [0.717, 1.165) is 28.8 Å². The van der Waals surface area contributed by atoms with E-state index in [1.54, 1.807) is 17.8 Å². The van der Waals surface area contributed by atoms with Crippen LogP contribution in [0.5, 0.6) is 5.75 Å². The zero-order valence-electron chi connectivity index (χ0n) is 13.0. The summed E-state index contributed by atoms with van der Waals surface area (Å²) in [5.41, 5.74) is 3.38. The van der Waals surface area contributed by atoms with Gasteiger partial charge in [-0.2, -0.15) is 0 Å². The van der Waals surface area contributed by atoms with Gasteiger partial charge in [0.1, 0.15) is 11.3 Å². The van der Waals surface area contributed by atoms with Crippen LogP contribution >= 0.6 is 11.3 Å². The molecule has 122 valence electrons. The molecule has 0 fully saturated rings. The van der Waals surface area contributed by atoms with Crippen LogP contribution in [0.3, 0.4) is 0 Å². The van der Waals surface area contributed by atoms with E-state index >= 15 is 0 Å². The van der Waals surface area contributed by atoms with Crippen molar-refractivity contribution >= 4 is 34.2 Å². The molecule has 0 radical (unpaired) electrons. The second kappa shape index (κ2) is 8.21. The number of ether oxygens (including phenoxy) is 1. The molecular weight excluding hydrogens is 322 g/mol. The molecule has 6 heteroatoms. The monoisotopic (exact) mass is 339 g/mol. The van der Waals surface area contributed by atoms with Gasteiger partial charge in [-0.3, -0.25) is 9.78 Å². The third-order valence-electron chi connectivity index (χ3n) is 3.33. The minimum atomic E-state index is -0.130. The summed E-state index contributed by atoms with van der Waals surface area (Å²) in [5, 5.41) is 5.76. The van der Waals surface area contributed by atoms with Gasteiger partial charge in [-0.05, 0) is 24.6 Å². The maximum Gasteiger partial charge on any atom is 0.244 e. The lowest BCUT2D eigenvalue weighted by molar-refractivity contribution is -0.116. The number of pyridine rings is 1. The van der Waals surface area contributed by atoms with Gasteiger partial charge in [0.2, 0.25) is 5.91 Å². The maximum absolute atomic E-state index is 11.7. The summed E-state index contributed by atoms with van der Waals surface area (Å²) in [5.74, 6) is 0.637. The van der Waals surface area contributed by atoms with Crippen molar-refractivity contribution in [3.05, 3.63) is 59.2 Å². The Morgan fingerprint density at radius 1 is 1.25 bits per heavy atom. The van der Waals surface area contributed by atoms with Crippen LogP contribution in [0, 0.1) is 0 Å². The molecule has 0 aliphatic carbocycles. The molecule has 24 heavy (non-hydrogen) atoms. The van der Waals surface area contributed by atoms with Crippen molar-refractivity contribution in [2.45, 2.75) is 6.42 Å². The van der Waals surface area contributed by atoms with E-state index in [4.69, 9.17) is 4.74 Å². The largest absolute Gasteiger partial charge is 0.491 e. The van der Waals surface area contributed by atoms with Crippen LogP contribution in [-0.2, 0) is 4.79 Å². The third kappa shape index (κ3) is 4.39. The molecule has 0 bridgehead atoms. The number of amides is 1. The molecule has 0 saturated carbocycles. The van der Waals surface area contributed by atoms with Gasteiger partial charge in [-0.1, -0.05) is 18.2 Å². The summed E-state index contributed by atoms with van der Waals surface area (Å²) < 4.78 is 5.78. The smallest absolute Gasteiger partial charge is 0.244 e. The molecule has 2 aromatic heterocycles. The van der Waals surface area contributed by atoms with E-state index in [2.05, 4.69) is 15.3 Å². The Hall–Kier alpha value is -2.73. The molecule has 0 saturated heterocycles. The van der Waals surface area contributed by atoms with Gasteiger partial charge in [-0.25, -0.2) is 4.98 Å². The predicted molar refractivity (Wildman–Crippen MR) is 96.0 cm³/mol. The van der Waals surface area contributed by atoms with Crippen molar-refractivity contribution in [3.63, 3.8) is 0 Å².